The molecule has 1 saturated heterocycles. The van der Waals surface area contributed by atoms with Crippen LogP contribution < -0.4 is 4.90 Å². The molecule has 0 atom stereocenters. The van der Waals surface area contributed by atoms with Crippen molar-refractivity contribution in [1.29, 1.82) is 0 Å². The Labute approximate surface area is 145 Å². The lowest BCUT2D eigenvalue weighted by Gasteiger charge is -2.33. The molecule has 1 fully saturated rings. The maximum atomic E-state index is 12.0. The molecule has 1 aliphatic rings. The van der Waals surface area contributed by atoms with Gasteiger partial charge in [-0.15, -0.1) is 0 Å². The lowest BCUT2D eigenvalue weighted by atomic mass is 9.89. The molecule has 0 bridgehead atoms. The number of anilines is 1. The summed E-state index contributed by atoms with van der Waals surface area (Å²) in [7, 11) is 1.40. The first-order valence-electron chi connectivity index (χ1n) is 8.48. The molecule has 6 nitrogen and oxygen atoms in total. The molecule has 128 valence electrons. The van der Waals surface area contributed by atoms with Crippen LogP contribution in [0.2, 0.25) is 0 Å². The van der Waals surface area contributed by atoms with Crippen LogP contribution in [0.15, 0.2) is 42.9 Å². The Morgan fingerprint density at radius 1 is 1.20 bits per heavy atom. The largest absolute Gasteiger partial charge is 0.465 e. The van der Waals surface area contributed by atoms with Crippen molar-refractivity contribution in [2.75, 3.05) is 25.1 Å². The van der Waals surface area contributed by atoms with E-state index in [9.17, 15) is 4.79 Å². The van der Waals surface area contributed by atoms with E-state index in [4.69, 9.17) is 4.74 Å². The van der Waals surface area contributed by atoms with Gasteiger partial charge in [0.25, 0.3) is 0 Å². The molecule has 0 amide bonds. The van der Waals surface area contributed by atoms with Crippen LogP contribution >= 0.6 is 0 Å². The van der Waals surface area contributed by atoms with Crippen LogP contribution in [0.25, 0.3) is 11.0 Å². The molecular formula is C19H20N4O2. The van der Waals surface area contributed by atoms with Gasteiger partial charge in [0.05, 0.1) is 7.11 Å². The van der Waals surface area contributed by atoms with E-state index in [1.165, 1.54) is 18.1 Å². The highest BCUT2D eigenvalue weighted by atomic mass is 16.5. The van der Waals surface area contributed by atoms with Gasteiger partial charge in [-0.1, -0.05) is 0 Å². The minimum Gasteiger partial charge on any atom is -0.465 e. The van der Waals surface area contributed by atoms with Crippen LogP contribution in [0.3, 0.4) is 0 Å². The monoisotopic (exact) mass is 336 g/mol. The van der Waals surface area contributed by atoms with E-state index in [2.05, 4.69) is 32.1 Å². The number of carbonyl (C=O) groups is 1. The number of hydrogen-bond acceptors (Lipinski definition) is 5. The Morgan fingerprint density at radius 3 is 2.76 bits per heavy atom. The Hall–Kier alpha value is -2.89. The van der Waals surface area contributed by atoms with Gasteiger partial charge in [-0.3, -0.25) is 0 Å². The van der Waals surface area contributed by atoms with E-state index in [1.54, 1.807) is 24.5 Å². The number of fused-ring (bicyclic) bond motifs is 1. The second kappa shape index (κ2) is 6.55. The number of rotatable bonds is 3. The Kier molecular flexibility index (Phi) is 4.09. The van der Waals surface area contributed by atoms with E-state index in [0.29, 0.717) is 17.3 Å². The highest BCUT2D eigenvalue weighted by Crippen LogP contribution is 2.34. The fourth-order valence-corrected chi connectivity index (χ4v) is 3.64. The maximum Gasteiger partial charge on any atom is 0.341 e. The average Bonchev–Trinajstić information content (AvgIpc) is 3.12. The molecule has 3 aromatic heterocycles. The summed E-state index contributed by atoms with van der Waals surface area (Å²) in [5, 5.41) is 1.20. The first-order chi connectivity index (χ1) is 12.3. The number of nitrogens with one attached hydrogen (secondary N) is 1. The lowest BCUT2D eigenvalue weighted by Crippen LogP contribution is -2.34. The van der Waals surface area contributed by atoms with Crippen molar-refractivity contribution in [3.63, 3.8) is 0 Å². The number of nitrogens with zero attached hydrogens (tertiary/aromatic N) is 3. The molecule has 6 heteroatoms. The molecule has 25 heavy (non-hydrogen) atoms. The first kappa shape index (κ1) is 15.6. The van der Waals surface area contributed by atoms with Crippen molar-refractivity contribution in [2.24, 2.45) is 0 Å². The van der Waals surface area contributed by atoms with Crippen molar-refractivity contribution in [2.45, 2.75) is 18.8 Å². The number of esters is 1. The molecule has 4 heterocycles. The SMILES string of the molecule is COC(=O)c1cccnc1N1CCC(c2c[nH]c3ncccc23)CC1. The number of hydrogen-bond donors (Lipinski definition) is 1. The molecular weight excluding hydrogens is 316 g/mol. The van der Waals surface area contributed by atoms with Crippen molar-refractivity contribution < 1.29 is 9.53 Å². The van der Waals surface area contributed by atoms with Gasteiger partial charge >= 0.3 is 5.97 Å². The number of H-pyrrole nitrogens is 1. The summed E-state index contributed by atoms with van der Waals surface area (Å²) >= 11 is 0. The van der Waals surface area contributed by atoms with Crippen molar-refractivity contribution in [3.05, 3.63) is 54.0 Å². The zero-order valence-electron chi connectivity index (χ0n) is 14.1. The van der Waals surface area contributed by atoms with Gasteiger partial charge in [0.2, 0.25) is 0 Å². The normalized spacial score (nSPS) is 15.5. The number of aromatic nitrogens is 3. The summed E-state index contributed by atoms with van der Waals surface area (Å²) in [5.41, 5.74) is 2.80. The number of pyridine rings is 2. The predicted octanol–water partition coefficient (Wildman–Crippen LogP) is 3.13. The number of carbonyl (C=O) groups excluding carboxylic acids is 1. The van der Waals surface area contributed by atoms with Gasteiger partial charge < -0.3 is 14.6 Å². The molecule has 1 N–H and O–H groups in total. The molecule has 0 radical (unpaired) electrons. The first-order valence-corrected chi connectivity index (χ1v) is 8.48. The van der Waals surface area contributed by atoms with Crippen LogP contribution in [0, 0.1) is 0 Å². The second-order valence-electron chi connectivity index (χ2n) is 6.27. The highest BCUT2D eigenvalue weighted by molar-refractivity contribution is 5.94. The van der Waals surface area contributed by atoms with Gasteiger partial charge in [-0.2, -0.15) is 0 Å². The number of ether oxygens (including phenoxy) is 1. The van der Waals surface area contributed by atoms with Gasteiger partial charge in [0.1, 0.15) is 17.0 Å². The number of aromatic amines is 1. The Bertz CT molecular complexity index is 897. The second-order valence-corrected chi connectivity index (χ2v) is 6.27. The van der Waals surface area contributed by atoms with Crippen molar-refractivity contribution >= 4 is 22.8 Å². The third kappa shape index (κ3) is 2.84. The molecule has 0 saturated carbocycles. The van der Waals surface area contributed by atoms with Gasteiger partial charge in [0, 0.05) is 37.1 Å². The van der Waals surface area contributed by atoms with Crippen LogP contribution in [0.4, 0.5) is 5.82 Å². The van der Waals surface area contributed by atoms with Crippen molar-refractivity contribution in [1.82, 2.24) is 15.0 Å². The van der Waals surface area contributed by atoms with E-state index >= 15 is 0 Å². The fourth-order valence-electron chi connectivity index (χ4n) is 3.64. The van der Waals surface area contributed by atoms with Crippen LogP contribution in [-0.2, 0) is 4.74 Å². The summed E-state index contributed by atoms with van der Waals surface area (Å²) in [6.45, 7) is 1.72. The Morgan fingerprint density at radius 2 is 1.96 bits per heavy atom. The van der Waals surface area contributed by atoms with Crippen molar-refractivity contribution in [3.8, 4) is 0 Å². The summed E-state index contributed by atoms with van der Waals surface area (Å²) in [5.74, 6) is 0.862. The van der Waals surface area contributed by atoms with Gasteiger partial charge in [0.15, 0.2) is 0 Å². The molecule has 0 aromatic carbocycles. The summed E-state index contributed by atoms with van der Waals surface area (Å²) in [6, 6.07) is 7.63. The van der Waals surface area contributed by atoms with Crippen LogP contribution in [-0.4, -0.2) is 41.1 Å². The third-order valence-electron chi connectivity index (χ3n) is 4.91. The van der Waals surface area contributed by atoms with Gasteiger partial charge in [-0.05, 0) is 48.6 Å². The quantitative estimate of drug-likeness (QED) is 0.744. The molecule has 0 aliphatic carbocycles. The van der Waals surface area contributed by atoms with E-state index in [1.807, 2.05) is 6.07 Å². The predicted molar refractivity (Wildman–Crippen MR) is 95.9 cm³/mol. The lowest BCUT2D eigenvalue weighted by molar-refractivity contribution is 0.0601. The molecule has 4 rings (SSSR count). The fraction of sp³-hybridized carbons (Fsp3) is 0.316. The Balaban J connectivity index is 1.53. The molecule has 1 aliphatic heterocycles. The molecule has 0 spiro atoms. The standard InChI is InChI=1S/C19H20N4O2/c1-25-19(24)15-5-3-9-21-18(15)23-10-6-13(7-11-23)16-12-22-17-14(16)4-2-8-20-17/h2-5,8-9,12-13H,6-7,10-11H2,1H3,(H,20,22). The zero-order chi connectivity index (χ0) is 17.2. The summed E-state index contributed by atoms with van der Waals surface area (Å²) in [4.78, 5) is 26.2. The smallest absolute Gasteiger partial charge is 0.341 e. The zero-order valence-corrected chi connectivity index (χ0v) is 14.1. The minimum absolute atomic E-state index is 0.340. The average molecular weight is 336 g/mol. The summed E-state index contributed by atoms with van der Waals surface area (Å²) < 4.78 is 4.88. The summed E-state index contributed by atoms with van der Waals surface area (Å²) in [6.07, 6.45) is 7.64. The molecule has 0 unspecified atom stereocenters. The van der Waals surface area contributed by atoms with E-state index in [0.717, 1.165) is 31.6 Å². The molecule has 3 aromatic rings. The van der Waals surface area contributed by atoms with Crippen LogP contribution in [0.5, 0.6) is 0 Å². The topological polar surface area (TPSA) is 71.1 Å². The maximum absolute atomic E-state index is 12.0. The van der Waals surface area contributed by atoms with E-state index in [-0.39, 0.29) is 5.97 Å². The number of methoxy groups -OCH3 is 1. The minimum atomic E-state index is -0.340. The van der Waals surface area contributed by atoms with Crippen LogP contribution in [0.1, 0.15) is 34.7 Å². The number of piperidine rings is 1. The highest BCUT2D eigenvalue weighted by Gasteiger charge is 2.26. The third-order valence-corrected chi connectivity index (χ3v) is 4.91. The van der Waals surface area contributed by atoms with E-state index < -0.39 is 0 Å². The van der Waals surface area contributed by atoms with Gasteiger partial charge in [-0.25, -0.2) is 14.8 Å².